The highest BCUT2D eigenvalue weighted by atomic mass is 35.5. The molecule has 0 fully saturated rings. The Balaban J connectivity index is 1.92. The van der Waals surface area contributed by atoms with E-state index in [1.165, 1.54) is 11.1 Å². The van der Waals surface area contributed by atoms with Crippen LogP contribution in [0.15, 0.2) is 36.4 Å². The van der Waals surface area contributed by atoms with E-state index in [-0.39, 0.29) is 0 Å². The molecule has 2 N–H and O–H groups in total. The van der Waals surface area contributed by atoms with Crippen molar-refractivity contribution < 1.29 is 0 Å². The Kier molecular flexibility index (Phi) is 5.21. The number of aryl methyl sites for hydroxylation is 3. The molecule has 0 aliphatic heterocycles. The van der Waals surface area contributed by atoms with Crippen LogP contribution in [0.4, 0.5) is 5.69 Å². The van der Waals surface area contributed by atoms with E-state index in [0.717, 1.165) is 21.8 Å². The Morgan fingerprint density at radius 2 is 1.71 bits per heavy atom. The molecule has 0 amide bonds. The van der Waals surface area contributed by atoms with Crippen molar-refractivity contribution in [3.05, 3.63) is 63.7 Å². The third-order valence-corrected chi connectivity index (χ3v) is 4.11. The summed E-state index contributed by atoms with van der Waals surface area (Å²) in [6, 6.07) is 12.2. The second kappa shape index (κ2) is 6.92. The highest BCUT2D eigenvalue weighted by Gasteiger charge is 2.01. The minimum atomic E-state index is 0.606. The van der Waals surface area contributed by atoms with Gasteiger partial charge in [0.2, 0.25) is 0 Å². The van der Waals surface area contributed by atoms with Crippen molar-refractivity contribution >= 4 is 34.6 Å². The molecule has 0 atom stereocenters. The molecule has 0 aromatic heterocycles. The lowest BCUT2D eigenvalue weighted by molar-refractivity contribution is 0.925. The van der Waals surface area contributed by atoms with Gasteiger partial charge in [-0.3, -0.25) is 0 Å². The molecule has 0 aliphatic rings. The first-order valence-electron chi connectivity index (χ1n) is 6.83. The van der Waals surface area contributed by atoms with Gasteiger partial charge in [-0.1, -0.05) is 29.8 Å². The van der Waals surface area contributed by atoms with Crippen LogP contribution in [0.3, 0.4) is 0 Å². The fourth-order valence-electron chi connectivity index (χ4n) is 1.92. The quantitative estimate of drug-likeness (QED) is 0.798. The van der Waals surface area contributed by atoms with E-state index in [9.17, 15) is 0 Å². The first kappa shape index (κ1) is 15.8. The van der Waals surface area contributed by atoms with Crippen LogP contribution >= 0.6 is 23.8 Å². The molecule has 2 aromatic carbocycles. The molecule has 110 valence electrons. The van der Waals surface area contributed by atoms with Gasteiger partial charge in [0, 0.05) is 17.3 Å². The molecule has 0 saturated carbocycles. The third-order valence-electron chi connectivity index (χ3n) is 3.45. The summed E-state index contributed by atoms with van der Waals surface area (Å²) in [7, 11) is 0. The van der Waals surface area contributed by atoms with E-state index in [1.807, 2.05) is 31.2 Å². The van der Waals surface area contributed by atoms with Crippen LogP contribution in [0, 0.1) is 20.8 Å². The Labute approximate surface area is 136 Å². The van der Waals surface area contributed by atoms with Crippen LogP contribution in [-0.2, 0) is 6.54 Å². The maximum atomic E-state index is 6.11. The number of hydrogen-bond acceptors (Lipinski definition) is 1. The van der Waals surface area contributed by atoms with Gasteiger partial charge in [-0.25, -0.2) is 0 Å². The molecule has 2 aromatic rings. The number of benzene rings is 2. The molecule has 21 heavy (non-hydrogen) atoms. The molecule has 0 spiro atoms. The fraction of sp³-hybridized carbons (Fsp3) is 0.235. The van der Waals surface area contributed by atoms with Crippen LogP contribution in [0.25, 0.3) is 0 Å². The minimum Gasteiger partial charge on any atom is -0.358 e. The smallest absolute Gasteiger partial charge is 0.171 e. The lowest BCUT2D eigenvalue weighted by Gasteiger charge is -2.12. The van der Waals surface area contributed by atoms with Crippen molar-refractivity contribution in [3.63, 3.8) is 0 Å². The van der Waals surface area contributed by atoms with Crippen LogP contribution < -0.4 is 10.6 Å². The van der Waals surface area contributed by atoms with Gasteiger partial charge in [-0.2, -0.15) is 0 Å². The van der Waals surface area contributed by atoms with Gasteiger partial charge in [-0.15, -0.1) is 0 Å². The van der Waals surface area contributed by atoms with Gasteiger partial charge >= 0.3 is 0 Å². The first-order chi connectivity index (χ1) is 9.95. The fourth-order valence-corrected chi connectivity index (χ4v) is 2.32. The van der Waals surface area contributed by atoms with E-state index in [4.69, 9.17) is 23.8 Å². The molecule has 0 bridgehead atoms. The monoisotopic (exact) mass is 318 g/mol. The summed E-state index contributed by atoms with van der Waals surface area (Å²) in [6.45, 7) is 6.82. The van der Waals surface area contributed by atoms with Crippen LogP contribution in [0.2, 0.25) is 5.02 Å². The summed E-state index contributed by atoms with van der Waals surface area (Å²) >= 11 is 11.4. The average Bonchev–Trinajstić information content (AvgIpc) is 2.44. The Morgan fingerprint density at radius 1 is 1.00 bits per heavy atom. The number of halogens is 1. The molecule has 0 heterocycles. The summed E-state index contributed by atoms with van der Waals surface area (Å²) in [4.78, 5) is 0. The average molecular weight is 319 g/mol. The van der Waals surface area contributed by atoms with Gasteiger partial charge in [0.1, 0.15) is 0 Å². The van der Waals surface area contributed by atoms with Crippen LogP contribution in [0.1, 0.15) is 22.3 Å². The zero-order chi connectivity index (χ0) is 15.4. The van der Waals surface area contributed by atoms with E-state index >= 15 is 0 Å². The van der Waals surface area contributed by atoms with E-state index in [0.29, 0.717) is 11.7 Å². The second-order valence-electron chi connectivity index (χ2n) is 5.19. The summed E-state index contributed by atoms with van der Waals surface area (Å²) in [5, 5.41) is 7.77. The van der Waals surface area contributed by atoms with Gasteiger partial charge in [0.15, 0.2) is 5.11 Å². The highest BCUT2D eigenvalue weighted by molar-refractivity contribution is 7.80. The number of hydrogen-bond donors (Lipinski definition) is 2. The molecule has 4 heteroatoms. The first-order valence-corrected chi connectivity index (χ1v) is 7.61. The van der Waals surface area contributed by atoms with Gasteiger partial charge in [0.25, 0.3) is 0 Å². The summed E-state index contributed by atoms with van der Waals surface area (Å²) in [6.07, 6.45) is 0. The lowest BCUT2D eigenvalue weighted by Crippen LogP contribution is -2.27. The zero-order valence-corrected chi connectivity index (χ0v) is 14.0. The van der Waals surface area contributed by atoms with Gasteiger partial charge in [-0.05, 0) is 73.4 Å². The standard InChI is InChI=1S/C17H19ClN2S/c1-11-5-7-15(8-13(11)3)20-17(21)19-10-14-6-4-12(2)16(18)9-14/h4-9H,10H2,1-3H3,(H2,19,20,21). The Bertz CT molecular complexity index is 668. The van der Waals surface area contributed by atoms with Crippen molar-refractivity contribution in [2.75, 3.05) is 5.32 Å². The largest absolute Gasteiger partial charge is 0.358 e. The lowest BCUT2D eigenvalue weighted by atomic mass is 10.1. The number of thiocarbonyl (C=S) groups is 1. The predicted molar refractivity (Wildman–Crippen MR) is 95.2 cm³/mol. The van der Waals surface area contributed by atoms with Gasteiger partial charge in [0.05, 0.1) is 0 Å². The summed E-state index contributed by atoms with van der Waals surface area (Å²) in [5.74, 6) is 0. The summed E-state index contributed by atoms with van der Waals surface area (Å²) in [5.41, 5.74) is 5.70. The van der Waals surface area contributed by atoms with Crippen LogP contribution in [0.5, 0.6) is 0 Å². The predicted octanol–water partition coefficient (Wildman–Crippen LogP) is 4.75. The molecular weight excluding hydrogens is 300 g/mol. The van der Waals surface area contributed by atoms with Crippen molar-refractivity contribution in [2.24, 2.45) is 0 Å². The maximum absolute atomic E-state index is 6.11. The third kappa shape index (κ3) is 4.45. The van der Waals surface area contributed by atoms with E-state index in [2.05, 4.69) is 36.6 Å². The van der Waals surface area contributed by atoms with E-state index < -0.39 is 0 Å². The number of rotatable bonds is 3. The molecular formula is C17H19ClN2S. The molecule has 0 unspecified atom stereocenters. The molecule has 0 saturated heterocycles. The Hall–Kier alpha value is -1.58. The van der Waals surface area contributed by atoms with Gasteiger partial charge < -0.3 is 10.6 Å². The maximum Gasteiger partial charge on any atom is 0.171 e. The molecule has 0 aliphatic carbocycles. The molecule has 0 radical (unpaired) electrons. The van der Waals surface area contributed by atoms with E-state index in [1.54, 1.807) is 0 Å². The molecule has 2 nitrogen and oxygen atoms in total. The number of anilines is 1. The van der Waals surface area contributed by atoms with Crippen molar-refractivity contribution in [1.82, 2.24) is 5.32 Å². The van der Waals surface area contributed by atoms with Crippen LogP contribution in [-0.4, -0.2) is 5.11 Å². The molecule has 2 rings (SSSR count). The highest BCUT2D eigenvalue weighted by Crippen LogP contribution is 2.17. The van der Waals surface area contributed by atoms with Crippen molar-refractivity contribution in [3.8, 4) is 0 Å². The number of nitrogens with one attached hydrogen (secondary N) is 2. The minimum absolute atomic E-state index is 0.606. The Morgan fingerprint density at radius 3 is 2.38 bits per heavy atom. The van der Waals surface area contributed by atoms with Crippen molar-refractivity contribution in [2.45, 2.75) is 27.3 Å². The SMILES string of the molecule is Cc1ccc(NC(=S)NCc2ccc(C)c(Cl)c2)cc1C. The summed E-state index contributed by atoms with van der Waals surface area (Å²) < 4.78 is 0. The second-order valence-corrected chi connectivity index (χ2v) is 6.01. The van der Waals surface area contributed by atoms with Crippen molar-refractivity contribution in [1.29, 1.82) is 0 Å². The normalized spacial score (nSPS) is 10.3. The topological polar surface area (TPSA) is 24.1 Å². The zero-order valence-electron chi connectivity index (χ0n) is 12.5.